The summed E-state index contributed by atoms with van der Waals surface area (Å²) in [6.07, 6.45) is -0.867. The average molecular weight is 483 g/mol. The molecule has 0 radical (unpaired) electrons. The SMILES string of the molecule is [Fe+2].[Fe+2].[O-][Cl+3]([O-])([O-])OC([c-]1cccc1)[c-]1cccc1.c1cc[cH-]c1.c1cc[cH-]c1. The Morgan fingerprint density at radius 3 is 1.14 bits per heavy atom. The molecule has 4 aromatic rings. The average Bonchev–Trinajstić information content (AvgIpc) is 3.45. The number of hydrogen-bond acceptors (Lipinski definition) is 4. The summed E-state index contributed by atoms with van der Waals surface area (Å²) in [6, 6.07) is 33.8. The third kappa shape index (κ3) is 10.8. The Morgan fingerprint density at radius 2 is 0.929 bits per heavy atom. The summed E-state index contributed by atoms with van der Waals surface area (Å²) in [5, 5.41) is 0. The topological polar surface area (TPSA) is 78.4 Å². The predicted molar refractivity (Wildman–Crippen MR) is 91.1 cm³/mol. The summed E-state index contributed by atoms with van der Waals surface area (Å²) in [5.74, 6) is 0. The maximum Gasteiger partial charge on any atom is 2.00 e. The van der Waals surface area contributed by atoms with Crippen molar-refractivity contribution in [2.45, 2.75) is 6.10 Å². The molecule has 0 N–H and O–H groups in total. The van der Waals surface area contributed by atoms with Gasteiger partial charge >= 0.3 is 34.1 Å². The van der Waals surface area contributed by atoms with Gasteiger partial charge in [0.25, 0.3) is 0 Å². The minimum atomic E-state index is -4.45. The van der Waals surface area contributed by atoms with Gasteiger partial charge in [0, 0.05) is 0 Å². The number of halogens is 1. The zero-order chi connectivity index (χ0) is 18.7. The van der Waals surface area contributed by atoms with Crippen LogP contribution in [0, 0.1) is 10.2 Å². The zero-order valence-corrected chi connectivity index (χ0v) is 17.7. The van der Waals surface area contributed by atoms with Crippen LogP contribution < -0.4 is 14.0 Å². The van der Waals surface area contributed by atoms with Crippen molar-refractivity contribution in [3.05, 3.63) is 120 Å². The molecule has 0 aliphatic rings. The van der Waals surface area contributed by atoms with Crippen LogP contribution in [0.15, 0.2) is 109 Å². The summed E-state index contributed by atoms with van der Waals surface area (Å²) in [6.45, 7) is 0. The molecule has 150 valence electrons. The van der Waals surface area contributed by atoms with Crippen molar-refractivity contribution in [1.29, 1.82) is 0 Å². The molecule has 7 heteroatoms. The van der Waals surface area contributed by atoms with Crippen molar-refractivity contribution < 1.29 is 62.6 Å². The monoisotopic (exact) mass is 482 g/mol. The molecular weight excluding hydrogens is 463 g/mol. The summed E-state index contributed by atoms with van der Waals surface area (Å²) in [5.41, 5.74) is 1.27. The third-order valence-corrected chi connectivity index (χ3v) is 3.69. The quantitative estimate of drug-likeness (QED) is 0.329. The fraction of sp³-hybridized carbons (Fsp3) is 0.0476. The normalized spacial score (nSPS) is 9.86. The fourth-order valence-corrected chi connectivity index (χ4v) is 2.60. The van der Waals surface area contributed by atoms with Crippen molar-refractivity contribution >= 4 is 0 Å². The van der Waals surface area contributed by atoms with Crippen LogP contribution in [-0.4, -0.2) is 0 Å². The molecule has 0 saturated heterocycles. The molecular formula is C21H19ClFe2O4. The van der Waals surface area contributed by atoms with Crippen molar-refractivity contribution in [1.82, 2.24) is 0 Å². The fourth-order valence-electron chi connectivity index (χ4n) is 2.17. The van der Waals surface area contributed by atoms with Gasteiger partial charge in [0.1, 0.15) is 0 Å². The molecule has 0 spiro atoms. The van der Waals surface area contributed by atoms with Gasteiger partial charge in [0.2, 0.25) is 0 Å². The van der Waals surface area contributed by atoms with Gasteiger partial charge in [-0.3, -0.25) is 0 Å². The van der Waals surface area contributed by atoms with Gasteiger partial charge in [-0.1, -0.05) is 0 Å². The van der Waals surface area contributed by atoms with Crippen LogP contribution in [0.5, 0.6) is 0 Å². The minimum Gasteiger partial charge on any atom is -0.214 e. The first-order chi connectivity index (χ1) is 12.6. The molecule has 0 aromatic heterocycles. The summed E-state index contributed by atoms with van der Waals surface area (Å²) in [4.78, 5) is 0. The first-order valence-electron chi connectivity index (χ1n) is 7.92. The van der Waals surface area contributed by atoms with E-state index in [2.05, 4.69) is 4.29 Å². The Kier molecular flexibility index (Phi) is 13.8. The van der Waals surface area contributed by atoms with Gasteiger partial charge in [-0.05, 0) is 0 Å². The van der Waals surface area contributed by atoms with Gasteiger partial charge in [0.05, 0.1) is 14.5 Å². The predicted octanol–water partition coefficient (Wildman–Crippen LogP) is 1.93. The molecule has 4 nitrogen and oxygen atoms in total. The van der Waals surface area contributed by atoms with E-state index in [0.29, 0.717) is 11.1 Å². The molecule has 0 unspecified atom stereocenters. The Morgan fingerprint density at radius 1 is 0.607 bits per heavy atom. The summed E-state index contributed by atoms with van der Waals surface area (Å²) in [7, 11) is -4.45. The Labute approximate surface area is 188 Å². The second kappa shape index (κ2) is 14.6. The van der Waals surface area contributed by atoms with E-state index in [4.69, 9.17) is 0 Å². The van der Waals surface area contributed by atoms with E-state index in [1.165, 1.54) is 0 Å². The number of hydrogen-bond donors (Lipinski definition) is 0. The maximum atomic E-state index is 10.6. The summed E-state index contributed by atoms with van der Waals surface area (Å²) < 4.78 is 36.4. The molecule has 0 saturated carbocycles. The molecule has 28 heavy (non-hydrogen) atoms. The van der Waals surface area contributed by atoms with Crippen molar-refractivity contribution in [3.8, 4) is 0 Å². The van der Waals surface area contributed by atoms with Gasteiger partial charge in [-0.15, -0.1) is 11.1 Å². The number of rotatable bonds is 4. The van der Waals surface area contributed by atoms with E-state index in [0.717, 1.165) is 0 Å². The van der Waals surface area contributed by atoms with Crippen LogP contribution in [0.1, 0.15) is 17.2 Å². The van der Waals surface area contributed by atoms with Crippen LogP contribution in [0.2, 0.25) is 0 Å². The second-order valence-corrected chi connectivity index (χ2v) is 6.14. The van der Waals surface area contributed by atoms with E-state index in [9.17, 15) is 14.0 Å². The van der Waals surface area contributed by atoms with E-state index in [-0.39, 0.29) is 34.1 Å². The van der Waals surface area contributed by atoms with Crippen LogP contribution in [0.3, 0.4) is 0 Å². The molecule has 0 fully saturated rings. The van der Waals surface area contributed by atoms with Gasteiger partial charge in [0.15, 0.2) is 6.10 Å². The van der Waals surface area contributed by atoms with Crippen molar-refractivity contribution in [2.75, 3.05) is 0 Å². The Hall–Kier alpha value is -1.43. The molecule has 0 heterocycles. The second-order valence-electron chi connectivity index (χ2n) is 5.21. The molecule has 0 aliphatic carbocycles. The van der Waals surface area contributed by atoms with E-state index in [1.54, 1.807) is 48.5 Å². The minimum absolute atomic E-state index is 0. The largest absolute Gasteiger partial charge is 2.00 e. The molecule has 0 atom stereocenters. The third-order valence-electron chi connectivity index (χ3n) is 3.29. The standard InChI is InChI=1S/C11H9ClO4.2C5H5.2Fe/c13-12(14,15)16-11(9-5-1-2-6-9)10-7-3-4-8-10;2*1-2-4-5-3-1;;/h1-8,11H;2*1-5H;;/q-2;2*-1;2*+2. The van der Waals surface area contributed by atoms with Gasteiger partial charge in [-0.25, -0.2) is 48.5 Å². The van der Waals surface area contributed by atoms with E-state index < -0.39 is 16.3 Å². The molecule has 0 amide bonds. The van der Waals surface area contributed by atoms with Gasteiger partial charge in [-0.2, -0.15) is 74.6 Å². The van der Waals surface area contributed by atoms with Crippen LogP contribution in [0.4, 0.5) is 0 Å². The van der Waals surface area contributed by atoms with Crippen molar-refractivity contribution in [3.63, 3.8) is 0 Å². The summed E-state index contributed by atoms with van der Waals surface area (Å²) >= 11 is 0. The first kappa shape index (κ1) is 26.6. The van der Waals surface area contributed by atoms with Crippen LogP contribution >= 0.6 is 0 Å². The molecule has 4 aromatic carbocycles. The van der Waals surface area contributed by atoms with Crippen molar-refractivity contribution in [2.24, 2.45) is 0 Å². The van der Waals surface area contributed by atoms with E-state index >= 15 is 0 Å². The Bertz CT molecular complexity index is 664. The Balaban J connectivity index is 0.000000500. The molecule has 0 aliphatic heterocycles. The van der Waals surface area contributed by atoms with Crippen LogP contribution in [-0.2, 0) is 38.4 Å². The smallest absolute Gasteiger partial charge is 0.214 e. The maximum absolute atomic E-state index is 10.6. The first-order valence-corrected chi connectivity index (χ1v) is 9.15. The molecule has 4 rings (SSSR count). The van der Waals surface area contributed by atoms with Gasteiger partial charge < -0.3 is 0 Å². The molecule has 0 bridgehead atoms. The van der Waals surface area contributed by atoms with E-state index in [1.807, 2.05) is 60.7 Å². The zero-order valence-electron chi connectivity index (χ0n) is 14.7. The van der Waals surface area contributed by atoms with Crippen LogP contribution in [0.25, 0.3) is 0 Å².